The van der Waals surface area contributed by atoms with E-state index in [-0.39, 0.29) is 24.4 Å². The number of carbonyl (C=O) groups is 1. The molecule has 32 heavy (non-hydrogen) atoms. The number of ketones is 1. The Labute approximate surface area is 181 Å². The fourth-order valence-corrected chi connectivity index (χ4v) is 3.82. The molecule has 160 valence electrons. The number of aromatic amines is 1. The van der Waals surface area contributed by atoms with Gasteiger partial charge in [-0.05, 0) is 37.3 Å². The summed E-state index contributed by atoms with van der Waals surface area (Å²) in [6.07, 6.45) is 1.84. The highest BCUT2D eigenvalue weighted by atomic mass is 19.1. The number of nitrogens with one attached hydrogen (secondary N) is 1. The number of aryl methyl sites for hydroxylation is 1. The molecule has 0 unspecified atom stereocenters. The number of rotatable bonds is 6. The Hall–Kier alpha value is -4.07. The van der Waals surface area contributed by atoms with Gasteiger partial charge in [-0.2, -0.15) is 5.10 Å². The zero-order valence-electron chi connectivity index (χ0n) is 17.1. The van der Waals surface area contributed by atoms with Crippen LogP contribution in [0.3, 0.4) is 0 Å². The van der Waals surface area contributed by atoms with Crippen LogP contribution >= 0.6 is 0 Å². The summed E-state index contributed by atoms with van der Waals surface area (Å²) in [4.78, 5) is 17.7. The molecule has 5 rings (SSSR count). The van der Waals surface area contributed by atoms with Crippen LogP contribution in [0.15, 0.2) is 60.8 Å². The summed E-state index contributed by atoms with van der Waals surface area (Å²) in [6, 6.07) is 14.6. The largest absolute Gasteiger partial charge is 0.485 e. The maximum Gasteiger partial charge on any atom is 0.187 e. The summed E-state index contributed by atoms with van der Waals surface area (Å²) in [5, 5.41) is 8.07. The SMILES string of the molecule is Cc1nc2c(OCc3c(F)cccc3F)cccn2c1C(=O)Cc1[nH]nc2ccccc12. The average Bonchev–Trinajstić information content (AvgIpc) is 3.34. The lowest BCUT2D eigenvalue weighted by Crippen LogP contribution is -2.09. The van der Waals surface area contributed by atoms with Gasteiger partial charge in [0.15, 0.2) is 17.2 Å². The van der Waals surface area contributed by atoms with E-state index in [0.29, 0.717) is 22.8 Å². The molecule has 0 amide bonds. The predicted octanol–water partition coefficient (Wildman–Crippen LogP) is 4.80. The highest BCUT2D eigenvalue weighted by Gasteiger charge is 2.21. The Morgan fingerprint density at radius 1 is 1.06 bits per heavy atom. The van der Waals surface area contributed by atoms with Gasteiger partial charge in [-0.15, -0.1) is 0 Å². The molecule has 6 nitrogen and oxygen atoms in total. The van der Waals surface area contributed by atoms with Gasteiger partial charge < -0.3 is 4.74 Å². The molecular formula is C24H18F2N4O2. The van der Waals surface area contributed by atoms with E-state index < -0.39 is 11.6 Å². The molecule has 0 atom stereocenters. The van der Waals surface area contributed by atoms with Crippen LogP contribution in [0.4, 0.5) is 8.78 Å². The molecule has 0 saturated heterocycles. The number of nitrogens with zero attached hydrogens (tertiary/aromatic N) is 3. The van der Waals surface area contributed by atoms with Crippen LogP contribution < -0.4 is 4.74 Å². The van der Waals surface area contributed by atoms with Crippen LogP contribution in [0.25, 0.3) is 16.6 Å². The minimum Gasteiger partial charge on any atom is -0.485 e. The third-order valence-corrected chi connectivity index (χ3v) is 5.36. The lowest BCUT2D eigenvalue weighted by atomic mass is 10.1. The van der Waals surface area contributed by atoms with Crippen molar-refractivity contribution in [3.8, 4) is 5.75 Å². The van der Waals surface area contributed by atoms with Crippen molar-refractivity contribution in [1.82, 2.24) is 19.6 Å². The first-order chi connectivity index (χ1) is 15.5. The molecule has 0 aliphatic carbocycles. The first kappa shape index (κ1) is 19.9. The van der Waals surface area contributed by atoms with Crippen LogP contribution in [-0.2, 0) is 13.0 Å². The molecular weight excluding hydrogens is 414 g/mol. The second-order valence-corrected chi connectivity index (χ2v) is 7.42. The fraction of sp³-hybridized carbons (Fsp3) is 0.125. The van der Waals surface area contributed by atoms with Crippen molar-refractivity contribution < 1.29 is 18.3 Å². The maximum absolute atomic E-state index is 13.9. The summed E-state index contributed by atoms with van der Waals surface area (Å²) in [7, 11) is 0. The first-order valence-electron chi connectivity index (χ1n) is 10.0. The normalized spacial score (nSPS) is 11.3. The maximum atomic E-state index is 13.9. The number of benzene rings is 2. The van der Waals surface area contributed by atoms with E-state index in [2.05, 4.69) is 15.2 Å². The number of Topliss-reactive ketones (excluding diaryl/α,β-unsaturated/α-hetero) is 1. The van der Waals surface area contributed by atoms with Gasteiger partial charge in [0.1, 0.15) is 23.9 Å². The molecule has 8 heteroatoms. The fourth-order valence-electron chi connectivity index (χ4n) is 3.82. The van der Waals surface area contributed by atoms with Gasteiger partial charge in [0, 0.05) is 11.6 Å². The number of para-hydroxylation sites is 1. The van der Waals surface area contributed by atoms with Gasteiger partial charge in [-0.25, -0.2) is 13.8 Å². The summed E-state index contributed by atoms with van der Waals surface area (Å²) >= 11 is 0. The van der Waals surface area contributed by atoms with E-state index in [1.54, 1.807) is 29.7 Å². The molecule has 0 bridgehead atoms. The third kappa shape index (κ3) is 3.39. The number of pyridine rings is 1. The molecule has 0 spiro atoms. The van der Waals surface area contributed by atoms with Gasteiger partial charge in [0.05, 0.1) is 28.9 Å². The standard InChI is InChI=1S/C24H18F2N4O2/c1-14-23(21(31)12-20-15-6-2-3-9-19(15)28-29-20)30-11-5-10-22(24(30)27-14)32-13-16-17(25)7-4-8-18(16)26/h2-11H,12-13H2,1H3,(H,28,29). The summed E-state index contributed by atoms with van der Waals surface area (Å²) in [5.74, 6) is -1.18. The molecule has 3 aromatic heterocycles. The van der Waals surface area contributed by atoms with E-state index in [0.717, 1.165) is 16.6 Å². The van der Waals surface area contributed by atoms with Crippen molar-refractivity contribution in [2.45, 2.75) is 20.0 Å². The Morgan fingerprint density at radius 3 is 2.66 bits per heavy atom. The lowest BCUT2D eigenvalue weighted by molar-refractivity contribution is 0.0986. The van der Waals surface area contributed by atoms with Crippen LogP contribution in [-0.4, -0.2) is 25.4 Å². The van der Waals surface area contributed by atoms with Crippen LogP contribution in [0.2, 0.25) is 0 Å². The van der Waals surface area contributed by atoms with E-state index in [9.17, 15) is 13.6 Å². The van der Waals surface area contributed by atoms with Crippen molar-refractivity contribution in [3.05, 3.63) is 95.1 Å². The molecule has 0 aliphatic heterocycles. The number of ether oxygens (including phenoxy) is 1. The van der Waals surface area contributed by atoms with Gasteiger partial charge in [0.25, 0.3) is 0 Å². The number of H-pyrrole nitrogens is 1. The molecule has 0 fully saturated rings. The van der Waals surface area contributed by atoms with Crippen LogP contribution in [0.1, 0.15) is 27.4 Å². The number of aromatic nitrogens is 4. The Kier molecular flexibility index (Phi) is 4.89. The van der Waals surface area contributed by atoms with Gasteiger partial charge in [0.2, 0.25) is 0 Å². The highest BCUT2D eigenvalue weighted by Crippen LogP contribution is 2.25. The van der Waals surface area contributed by atoms with Crippen molar-refractivity contribution in [3.63, 3.8) is 0 Å². The molecule has 1 N–H and O–H groups in total. The van der Waals surface area contributed by atoms with Crippen molar-refractivity contribution >= 4 is 22.3 Å². The number of halogens is 2. The van der Waals surface area contributed by atoms with E-state index in [1.807, 2.05) is 24.3 Å². The third-order valence-electron chi connectivity index (χ3n) is 5.36. The van der Waals surface area contributed by atoms with Crippen LogP contribution in [0.5, 0.6) is 5.75 Å². The Morgan fingerprint density at radius 2 is 1.84 bits per heavy atom. The molecule has 0 aliphatic rings. The van der Waals surface area contributed by atoms with Crippen LogP contribution in [0, 0.1) is 18.6 Å². The zero-order chi connectivity index (χ0) is 22.2. The zero-order valence-corrected chi connectivity index (χ0v) is 17.1. The number of hydrogen-bond donors (Lipinski definition) is 1. The van der Waals surface area contributed by atoms with Crippen molar-refractivity contribution in [2.24, 2.45) is 0 Å². The molecule has 5 aromatic rings. The van der Waals surface area contributed by atoms with E-state index >= 15 is 0 Å². The Balaban J connectivity index is 1.46. The molecule has 0 radical (unpaired) electrons. The lowest BCUT2D eigenvalue weighted by Gasteiger charge is -2.09. The van der Waals surface area contributed by atoms with Crippen molar-refractivity contribution in [2.75, 3.05) is 0 Å². The van der Waals surface area contributed by atoms with Crippen molar-refractivity contribution in [1.29, 1.82) is 0 Å². The molecule has 3 heterocycles. The van der Waals surface area contributed by atoms with Gasteiger partial charge >= 0.3 is 0 Å². The minimum atomic E-state index is -0.681. The quantitative estimate of drug-likeness (QED) is 0.391. The minimum absolute atomic E-state index is 0.126. The van der Waals surface area contributed by atoms with E-state index in [4.69, 9.17) is 4.74 Å². The topological polar surface area (TPSA) is 72.3 Å². The predicted molar refractivity (Wildman–Crippen MR) is 115 cm³/mol. The Bertz CT molecular complexity index is 1450. The van der Waals surface area contributed by atoms with E-state index in [1.165, 1.54) is 18.2 Å². The number of carbonyl (C=O) groups excluding carboxylic acids is 1. The monoisotopic (exact) mass is 432 g/mol. The summed E-state index contributed by atoms with van der Waals surface area (Å²) in [5.41, 5.74) is 2.71. The number of fused-ring (bicyclic) bond motifs is 2. The number of imidazole rings is 1. The first-order valence-corrected chi connectivity index (χ1v) is 10.0. The number of hydrogen-bond acceptors (Lipinski definition) is 4. The average molecular weight is 432 g/mol. The summed E-state index contributed by atoms with van der Waals surface area (Å²) < 4.78 is 35.2. The second kappa shape index (κ2) is 7.88. The summed E-state index contributed by atoms with van der Waals surface area (Å²) in [6.45, 7) is 1.44. The molecule has 0 saturated carbocycles. The smallest absolute Gasteiger partial charge is 0.187 e. The highest BCUT2D eigenvalue weighted by molar-refractivity contribution is 5.99. The molecule has 2 aromatic carbocycles. The van der Waals surface area contributed by atoms with Gasteiger partial charge in [-0.1, -0.05) is 24.3 Å². The second-order valence-electron chi connectivity index (χ2n) is 7.42. The van der Waals surface area contributed by atoms with Gasteiger partial charge in [-0.3, -0.25) is 14.3 Å².